The fourth-order valence-electron chi connectivity index (χ4n) is 8.16. The van der Waals surface area contributed by atoms with Gasteiger partial charge in [0.15, 0.2) is 0 Å². The SMILES string of the molecule is C=C=CO.CCCCCCCCCCN(CCCCCCCC)CCCCC(=O)N(CCCCCCN(CCCCCCCCCC)CCCC(=O)OCCCCC)CCNC=O. The van der Waals surface area contributed by atoms with Gasteiger partial charge in [-0.05, 0) is 97.1 Å². The Balaban J connectivity index is 0. The third-order valence-corrected chi connectivity index (χ3v) is 12.2. The number of aliphatic hydroxyl groups is 1. The van der Waals surface area contributed by atoms with Gasteiger partial charge in [0.25, 0.3) is 0 Å². The third-order valence-electron chi connectivity index (χ3n) is 12.2. The lowest BCUT2D eigenvalue weighted by atomic mass is 10.1. The van der Waals surface area contributed by atoms with Crippen LogP contribution in [0.5, 0.6) is 0 Å². The van der Waals surface area contributed by atoms with Crippen molar-refractivity contribution in [3.8, 4) is 0 Å². The van der Waals surface area contributed by atoms with E-state index in [2.05, 4.69) is 55.1 Å². The summed E-state index contributed by atoms with van der Waals surface area (Å²) >= 11 is 0. The molecule has 0 saturated heterocycles. The number of rotatable bonds is 49. The van der Waals surface area contributed by atoms with Crippen LogP contribution in [0.4, 0.5) is 0 Å². The predicted molar refractivity (Wildman–Crippen MR) is 270 cm³/mol. The fourth-order valence-corrected chi connectivity index (χ4v) is 8.16. The van der Waals surface area contributed by atoms with Crippen molar-refractivity contribution in [2.75, 3.05) is 65.5 Å². The maximum absolute atomic E-state index is 13.4. The molecule has 0 bridgehead atoms. The number of nitrogens with zero attached hydrogens (tertiary/aromatic N) is 3. The van der Waals surface area contributed by atoms with Gasteiger partial charge in [0.2, 0.25) is 12.3 Å². The van der Waals surface area contributed by atoms with Crippen LogP contribution in [0.25, 0.3) is 0 Å². The van der Waals surface area contributed by atoms with Crippen LogP contribution in [0.2, 0.25) is 0 Å². The van der Waals surface area contributed by atoms with E-state index in [1.165, 1.54) is 154 Å². The summed E-state index contributed by atoms with van der Waals surface area (Å²) in [6.07, 6.45) is 42.6. The largest absolute Gasteiger partial charge is 0.507 e. The minimum Gasteiger partial charge on any atom is -0.507 e. The molecule has 0 radical (unpaired) electrons. The van der Waals surface area contributed by atoms with Crippen LogP contribution in [0, 0.1) is 0 Å². The van der Waals surface area contributed by atoms with Crippen LogP contribution in [-0.4, -0.2) is 104 Å². The van der Waals surface area contributed by atoms with E-state index >= 15 is 0 Å². The highest BCUT2D eigenvalue weighted by molar-refractivity contribution is 5.76. The van der Waals surface area contributed by atoms with Crippen molar-refractivity contribution in [3.63, 3.8) is 0 Å². The van der Waals surface area contributed by atoms with Crippen LogP contribution in [-0.2, 0) is 19.1 Å². The second-order valence-corrected chi connectivity index (χ2v) is 18.1. The molecule has 2 N–H and O–H groups in total. The topological polar surface area (TPSA) is 102 Å². The van der Waals surface area contributed by atoms with Gasteiger partial charge in [0.05, 0.1) is 6.61 Å². The van der Waals surface area contributed by atoms with Gasteiger partial charge >= 0.3 is 5.97 Å². The van der Waals surface area contributed by atoms with Crippen LogP contribution < -0.4 is 5.32 Å². The van der Waals surface area contributed by atoms with Crippen LogP contribution >= 0.6 is 0 Å². The summed E-state index contributed by atoms with van der Waals surface area (Å²) in [7, 11) is 0. The normalized spacial score (nSPS) is 11.0. The molecule has 0 heterocycles. The monoisotopic (exact) mass is 891 g/mol. The summed E-state index contributed by atoms with van der Waals surface area (Å²) in [6, 6.07) is 0. The molecule has 0 unspecified atom stereocenters. The number of carbonyl (C=O) groups excluding carboxylic acids is 3. The standard InChI is InChI=1S/C51H102N4O4.C3H4O/c1-5-9-13-16-19-21-24-30-41-53(40-29-23-18-15-11-7-3)44-34-28-37-50(57)55(47-39-52-49-56)46-33-27-26-32-43-54(42-31-25-22-20-17-14-10-6-2)45-36-38-51(58)59-48-35-12-8-4;1-2-3-4/h49H,5-48H2,1-4H3,(H,52,56);3-4H,1H2. The molecule has 0 fully saturated rings. The van der Waals surface area contributed by atoms with Gasteiger partial charge in [-0.3, -0.25) is 14.4 Å². The highest BCUT2D eigenvalue weighted by Gasteiger charge is 2.14. The molecule has 0 aliphatic rings. The van der Waals surface area contributed by atoms with Crippen LogP contribution in [0.3, 0.4) is 0 Å². The van der Waals surface area contributed by atoms with Gasteiger partial charge in [-0.15, -0.1) is 0 Å². The van der Waals surface area contributed by atoms with Gasteiger partial charge in [0.1, 0.15) is 6.26 Å². The lowest BCUT2D eigenvalue weighted by Crippen LogP contribution is -2.37. The summed E-state index contributed by atoms with van der Waals surface area (Å²) in [5.41, 5.74) is 2.11. The molecule has 0 aliphatic carbocycles. The van der Waals surface area contributed by atoms with Gasteiger partial charge in [-0.2, -0.15) is 0 Å². The number of amides is 2. The van der Waals surface area contributed by atoms with Crippen LogP contribution in [0.1, 0.15) is 246 Å². The number of ether oxygens (including phenoxy) is 1. The van der Waals surface area contributed by atoms with E-state index in [-0.39, 0.29) is 11.9 Å². The Bertz CT molecular complexity index is 1010. The Morgan fingerprint density at radius 1 is 0.492 bits per heavy atom. The van der Waals surface area contributed by atoms with Crippen molar-refractivity contribution in [1.82, 2.24) is 20.0 Å². The Labute approximate surface area is 391 Å². The van der Waals surface area contributed by atoms with Crippen molar-refractivity contribution in [3.05, 3.63) is 18.6 Å². The van der Waals surface area contributed by atoms with E-state index in [0.29, 0.717) is 32.5 Å². The third kappa shape index (κ3) is 48.9. The second-order valence-electron chi connectivity index (χ2n) is 18.1. The maximum Gasteiger partial charge on any atom is 0.305 e. The molecule has 0 saturated carbocycles. The van der Waals surface area contributed by atoms with Gasteiger partial charge < -0.3 is 29.9 Å². The van der Waals surface area contributed by atoms with E-state index in [9.17, 15) is 14.4 Å². The number of hydrogen-bond donors (Lipinski definition) is 2. The molecule has 0 rings (SSSR count). The Hall–Kier alpha value is -2.35. The second kappa shape index (κ2) is 54.0. The Kier molecular flexibility index (Phi) is 53.8. The van der Waals surface area contributed by atoms with Crippen molar-refractivity contribution < 1.29 is 24.2 Å². The van der Waals surface area contributed by atoms with Crippen molar-refractivity contribution >= 4 is 18.3 Å². The average molecular weight is 891 g/mol. The molecule has 63 heavy (non-hydrogen) atoms. The van der Waals surface area contributed by atoms with Crippen molar-refractivity contribution in [1.29, 1.82) is 0 Å². The Morgan fingerprint density at radius 3 is 1.24 bits per heavy atom. The number of carbonyl (C=O) groups is 3. The smallest absolute Gasteiger partial charge is 0.305 e. The van der Waals surface area contributed by atoms with E-state index in [0.717, 1.165) is 110 Å². The van der Waals surface area contributed by atoms with E-state index in [1.54, 1.807) is 0 Å². The Morgan fingerprint density at radius 2 is 0.841 bits per heavy atom. The lowest BCUT2D eigenvalue weighted by molar-refractivity contribution is -0.144. The number of esters is 1. The van der Waals surface area contributed by atoms with Crippen molar-refractivity contribution in [2.24, 2.45) is 0 Å². The molecular formula is C54H106N4O5. The molecule has 0 atom stereocenters. The lowest BCUT2D eigenvalue weighted by Gasteiger charge is -2.24. The van der Waals surface area contributed by atoms with Crippen LogP contribution in [0.15, 0.2) is 18.6 Å². The number of aliphatic hydroxyl groups excluding tert-OH is 1. The molecule has 9 nitrogen and oxygen atoms in total. The highest BCUT2D eigenvalue weighted by atomic mass is 16.5. The molecule has 0 aliphatic heterocycles. The van der Waals surface area contributed by atoms with E-state index < -0.39 is 0 Å². The minimum atomic E-state index is -0.0462. The molecular weight excluding hydrogens is 785 g/mol. The summed E-state index contributed by atoms with van der Waals surface area (Å²) in [4.78, 5) is 44.0. The predicted octanol–water partition coefficient (Wildman–Crippen LogP) is 13.9. The first kappa shape index (κ1) is 62.7. The quantitative estimate of drug-likeness (QED) is 0.0206. The van der Waals surface area contributed by atoms with Gasteiger partial charge in [-0.1, -0.05) is 188 Å². The molecule has 0 aromatic carbocycles. The zero-order valence-corrected chi connectivity index (χ0v) is 42.4. The summed E-state index contributed by atoms with van der Waals surface area (Å²) < 4.78 is 5.46. The number of hydrogen-bond acceptors (Lipinski definition) is 7. The molecule has 372 valence electrons. The number of unbranched alkanes of at least 4 members (excludes halogenated alkanes) is 25. The molecule has 0 aromatic heterocycles. The maximum atomic E-state index is 13.4. The summed E-state index contributed by atoms with van der Waals surface area (Å²) in [5, 5.41) is 10.4. The zero-order valence-electron chi connectivity index (χ0n) is 42.4. The average Bonchev–Trinajstić information content (AvgIpc) is 3.29. The highest BCUT2D eigenvalue weighted by Crippen LogP contribution is 2.14. The molecule has 9 heteroatoms. The summed E-state index contributed by atoms with van der Waals surface area (Å²) in [5.74, 6) is 0.193. The molecule has 0 spiro atoms. The van der Waals surface area contributed by atoms with E-state index in [1.807, 2.05) is 4.90 Å². The molecule has 2 amide bonds. The first-order chi connectivity index (χ1) is 30.9. The summed E-state index contributed by atoms with van der Waals surface area (Å²) in [6.45, 7) is 21.1. The number of nitrogens with one attached hydrogen (secondary N) is 1. The fraction of sp³-hybridized carbons (Fsp3) is 0.889. The first-order valence-corrected chi connectivity index (χ1v) is 27.0. The molecule has 0 aromatic rings. The minimum absolute atomic E-state index is 0.0462. The van der Waals surface area contributed by atoms with Gasteiger partial charge in [0, 0.05) is 32.5 Å². The van der Waals surface area contributed by atoms with E-state index in [4.69, 9.17) is 9.84 Å². The van der Waals surface area contributed by atoms with Crippen molar-refractivity contribution in [2.45, 2.75) is 246 Å². The first-order valence-electron chi connectivity index (χ1n) is 27.0. The zero-order chi connectivity index (χ0) is 46.5. The van der Waals surface area contributed by atoms with Gasteiger partial charge in [-0.25, -0.2) is 0 Å².